The van der Waals surface area contributed by atoms with E-state index in [4.69, 9.17) is 4.42 Å². The van der Waals surface area contributed by atoms with Crippen molar-refractivity contribution < 1.29 is 4.42 Å². The summed E-state index contributed by atoms with van der Waals surface area (Å²) in [4.78, 5) is 8.20. The second-order valence-electron chi connectivity index (χ2n) is 3.62. The molecule has 0 aliphatic heterocycles. The van der Waals surface area contributed by atoms with Crippen LogP contribution in [0.15, 0.2) is 65.7 Å². The van der Waals surface area contributed by atoms with Gasteiger partial charge in [-0.2, -0.15) is 0 Å². The molecule has 82 valence electrons. The minimum Gasteiger partial charge on any atom is -0.464 e. The molecule has 0 N–H and O–H groups in total. The van der Waals surface area contributed by atoms with E-state index in [0.29, 0.717) is 0 Å². The molecule has 0 atom stereocenters. The summed E-state index contributed by atoms with van der Waals surface area (Å²) in [6, 6.07) is 13.7. The lowest BCUT2D eigenvalue weighted by Crippen LogP contribution is -1.87. The molecule has 17 heavy (non-hydrogen) atoms. The quantitative estimate of drug-likeness (QED) is 0.667. The minimum atomic E-state index is 0.846. The first-order valence-corrected chi connectivity index (χ1v) is 5.34. The van der Waals surface area contributed by atoms with E-state index in [-0.39, 0.29) is 0 Å². The zero-order chi connectivity index (χ0) is 11.5. The highest BCUT2D eigenvalue weighted by Gasteiger charge is 2.09. The van der Waals surface area contributed by atoms with Gasteiger partial charge >= 0.3 is 0 Å². The van der Waals surface area contributed by atoms with E-state index >= 15 is 0 Å². The maximum absolute atomic E-state index is 5.44. The number of hydrogen-bond acceptors (Lipinski definition) is 3. The van der Waals surface area contributed by atoms with Crippen molar-refractivity contribution in [3.8, 4) is 22.6 Å². The second-order valence-corrected chi connectivity index (χ2v) is 3.62. The Hall–Kier alpha value is -2.42. The summed E-state index contributed by atoms with van der Waals surface area (Å²) in [6.07, 6.45) is 4.96. The molecule has 0 radical (unpaired) electrons. The average molecular weight is 222 g/mol. The topological polar surface area (TPSA) is 38.9 Å². The molecule has 3 aromatic rings. The SMILES string of the molecule is c1coc(-c2ccccc2-c2ccncn2)c1. The van der Waals surface area contributed by atoms with Gasteiger partial charge in [0.15, 0.2) is 0 Å². The molecule has 0 amide bonds. The lowest BCUT2D eigenvalue weighted by atomic mass is 10.0. The lowest BCUT2D eigenvalue weighted by Gasteiger charge is -2.05. The zero-order valence-electron chi connectivity index (χ0n) is 9.08. The summed E-state index contributed by atoms with van der Waals surface area (Å²) in [5.41, 5.74) is 2.98. The lowest BCUT2D eigenvalue weighted by molar-refractivity contribution is 0.582. The van der Waals surface area contributed by atoms with Crippen molar-refractivity contribution in [1.82, 2.24) is 9.97 Å². The highest BCUT2D eigenvalue weighted by Crippen LogP contribution is 2.30. The van der Waals surface area contributed by atoms with Crippen molar-refractivity contribution in [3.05, 3.63) is 61.3 Å². The molecule has 0 bridgehead atoms. The van der Waals surface area contributed by atoms with E-state index in [1.807, 2.05) is 42.5 Å². The molecular formula is C14H10N2O. The van der Waals surface area contributed by atoms with Gasteiger partial charge in [0, 0.05) is 17.3 Å². The Kier molecular flexibility index (Phi) is 2.43. The molecule has 1 aromatic carbocycles. The monoisotopic (exact) mass is 222 g/mol. The summed E-state index contributed by atoms with van der Waals surface area (Å²) >= 11 is 0. The summed E-state index contributed by atoms with van der Waals surface area (Å²) < 4.78 is 5.44. The Morgan fingerprint density at radius 2 is 1.76 bits per heavy atom. The van der Waals surface area contributed by atoms with Crippen LogP contribution in [0.3, 0.4) is 0 Å². The van der Waals surface area contributed by atoms with Gasteiger partial charge in [-0.1, -0.05) is 24.3 Å². The average Bonchev–Trinajstić information content (AvgIpc) is 2.94. The summed E-state index contributed by atoms with van der Waals surface area (Å²) in [7, 11) is 0. The van der Waals surface area contributed by atoms with Crippen LogP contribution in [0.25, 0.3) is 22.6 Å². The summed E-state index contributed by atoms with van der Waals surface area (Å²) in [5, 5.41) is 0. The normalized spacial score (nSPS) is 10.4. The van der Waals surface area contributed by atoms with Crippen LogP contribution < -0.4 is 0 Å². The van der Waals surface area contributed by atoms with Crippen LogP contribution in [-0.4, -0.2) is 9.97 Å². The largest absolute Gasteiger partial charge is 0.464 e. The van der Waals surface area contributed by atoms with E-state index in [2.05, 4.69) is 9.97 Å². The van der Waals surface area contributed by atoms with Gasteiger partial charge in [-0.3, -0.25) is 0 Å². The van der Waals surface area contributed by atoms with Crippen LogP contribution in [0.4, 0.5) is 0 Å². The Labute approximate surface area is 98.8 Å². The molecule has 0 spiro atoms. The zero-order valence-corrected chi connectivity index (χ0v) is 9.08. The fourth-order valence-electron chi connectivity index (χ4n) is 1.80. The predicted octanol–water partition coefficient (Wildman–Crippen LogP) is 3.40. The van der Waals surface area contributed by atoms with Gasteiger partial charge in [-0.15, -0.1) is 0 Å². The Morgan fingerprint density at radius 3 is 2.47 bits per heavy atom. The molecule has 0 saturated carbocycles. The first-order chi connectivity index (χ1) is 8.45. The van der Waals surface area contributed by atoms with E-state index in [0.717, 1.165) is 22.6 Å². The third-order valence-electron chi connectivity index (χ3n) is 2.57. The van der Waals surface area contributed by atoms with Gasteiger partial charge < -0.3 is 4.42 Å². The molecule has 0 saturated heterocycles. The van der Waals surface area contributed by atoms with Crippen LogP contribution in [0.1, 0.15) is 0 Å². The summed E-state index contributed by atoms with van der Waals surface area (Å²) in [6.45, 7) is 0. The minimum absolute atomic E-state index is 0.846. The number of nitrogens with zero attached hydrogens (tertiary/aromatic N) is 2. The number of hydrogen-bond donors (Lipinski definition) is 0. The maximum atomic E-state index is 5.44. The third-order valence-corrected chi connectivity index (χ3v) is 2.57. The molecule has 3 rings (SSSR count). The van der Waals surface area contributed by atoms with Crippen molar-refractivity contribution in [3.63, 3.8) is 0 Å². The molecule has 0 fully saturated rings. The molecule has 2 heterocycles. The molecule has 0 aliphatic rings. The Balaban J connectivity index is 2.18. The van der Waals surface area contributed by atoms with Crippen molar-refractivity contribution in [2.45, 2.75) is 0 Å². The molecule has 0 unspecified atom stereocenters. The Morgan fingerprint density at radius 1 is 0.882 bits per heavy atom. The van der Waals surface area contributed by atoms with E-state index in [1.54, 1.807) is 18.8 Å². The first-order valence-electron chi connectivity index (χ1n) is 5.34. The summed E-state index contributed by atoms with van der Waals surface area (Å²) in [5.74, 6) is 0.846. The number of aromatic nitrogens is 2. The van der Waals surface area contributed by atoms with Crippen LogP contribution in [0.2, 0.25) is 0 Å². The van der Waals surface area contributed by atoms with Crippen molar-refractivity contribution >= 4 is 0 Å². The third kappa shape index (κ3) is 1.83. The molecule has 3 nitrogen and oxygen atoms in total. The van der Waals surface area contributed by atoms with E-state index in [1.165, 1.54) is 0 Å². The van der Waals surface area contributed by atoms with Crippen molar-refractivity contribution in [2.75, 3.05) is 0 Å². The van der Waals surface area contributed by atoms with Crippen molar-refractivity contribution in [2.24, 2.45) is 0 Å². The van der Waals surface area contributed by atoms with Gasteiger partial charge in [-0.25, -0.2) is 9.97 Å². The smallest absolute Gasteiger partial charge is 0.134 e. The van der Waals surface area contributed by atoms with E-state index in [9.17, 15) is 0 Å². The standard InChI is InChI=1S/C14H10N2O/c1-2-5-12(14-6-3-9-17-14)11(4-1)13-7-8-15-10-16-13/h1-10H. The van der Waals surface area contributed by atoms with E-state index < -0.39 is 0 Å². The van der Waals surface area contributed by atoms with Crippen LogP contribution in [0, 0.1) is 0 Å². The maximum Gasteiger partial charge on any atom is 0.134 e. The molecule has 3 heteroatoms. The van der Waals surface area contributed by atoms with Crippen LogP contribution in [0.5, 0.6) is 0 Å². The van der Waals surface area contributed by atoms with Gasteiger partial charge in [0.05, 0.1) is 12.0 Å². The fourth-order valence-corrected chi connectivity index (χ4v) is 1.80. The first kappa shape index (κ1) is 9.78. The van der Waals surface area contributed by atoms with Crippen LogP contribution >= 0.6 is 0 Å². The highest BCUT2D eigenvalue weighted by molar-refractivity contribution is 5.79. The predicted molar refractivity (Wildman–Crippen MR) is 65.2 cm³/mol. The molecule has 2 aromatic heterocycles. The number of rotatable bonds is 2. The van der Waals surface area contributed by atoms with Gasteiger partial charge in [-0.05, 0) is 18.2 Å². The van der Waals surface area contributed by atoms with Gasteiger partial charge in [0.2, 0.25) is 0 Å². The van der Waals surface area contributed by atoms with Crippen LogP contribution in [-0.2, 0) is 0 Å². The highest BCUT2D eigenvalue weighted by atomic mass is 16.3. The molecular weight excluding hydrogens is 212 g/mol. The molecule has 0 aliphatic carbocycles. The Bertz CT molecular complexity index is 603. The van der Waals surface area contributed by atoms with Gasteiger partial charge in [0.1, 0.15) is 12.1 Å². The number of benzene rings is 1. The second kappa shape index (κ2) is 4.22. The fraction of sp³-hybridized carbons (Fsp3) is 0. The number of furan rings is 1. The van der Waals surface area contributed by atoms with Gasteiger partial charge in [0.25, 0.3) is 0 Å². The van der Waals surface area contributed by atoms with Crippen molar-refractivity contribution in [1.29, 1.82) is 0 Å².